The van der Waals surface area contributed by atoms with Crippen molar-refractivity contribution < 1.29 is 81.7 Å². The highest BCUT2D eigenvalue weighted by molar-refractivity contribution is 4.83. The molecule has 0 aromatic heterocycles. The van der Waals surface area contributed by atoms with Crippen LogP contribution in [0.5, 0.6) is 0 Å². The minimum absolute atomic E-state index is 0.0987. The highest BCUT2D eigenvalue weighted by atomic mass is 16.4. The van der Waals surface area contributed by atoms with Crippen molar-refractivity contribution in [1.82, 2.24) is 0 Å². The molecule has 0 aliphatic carbocycles. The second-order valence-electron chi connectivity index (χ2n) is 22.2. The Morgan fingerprint density at radius 1 is 0.375 bits per heavy atom. The molecule has 0 saturated heterocycles. The van der Waals surface area contributed by atoms with Crippen molar-refractivity contribution in [2.75, 3.05) is 39.6 Å². The van der Waals surface area contributed by atoms with Crippen molar-refractivity contribution >= 4 is 0 Å². The molecule has 0 spiro atoms. The zero-order valence-electron chi connectivity index (χ0n) is 55.5. The van der Waals surface area contributed by atoms with Crippen LogP contribution in [0.4, 0.5) is 0 Å². The summed E-state index contributed by atoms with van der Waals surface area (Å²) in [6, 6.07) is 0. The summed E-state index contributed by atoms with van der Waals surface area (Å²) in [6.45, 7) is 35.6. The van der Waals surface area contributed by atoms with E-state index in [2.05, 4.69) is 34.6 Å². The van der Waals surface area contributed by atoms with Crippen LogP contribution in [0.25, 0.3) is 0 Å². The molecule has 16 nitrogen and oxygen atoms in total. The van der Waals surface area contributed by atoms with Gasteiger partial charge < -0.3 is 81.7 Å². The third kappa shape index (κ3) is 56.5. The minimum Gasteiger partial charge on any atom is -0.396 e. The van der Waals surface area contributed by atoms with Gasteiger partial charge in [0.05, 0.1) is 79.4 Å². The van der Waals surface area contributed by atoms with Gasteiger partial charge in [-0.25, -0.2) is 0 Å². The maximum Gasteiger partial charge on any atom is 0.0900 e. The van der Waals surface area contributed by atoms with Crippen molar-refractivity contribution in [2.24, 2.45) is 29.6 Å². The number of aliphatic hydroxyl groups excluding tert-OH is 13. The molecular weight excluding hydrogens is 1020 g/mol. The van der Waals surface area contributed by atoms with Gasteiger partial charge in [0.25, 0.3) is 0 Å². The van der Waals surface area contributed by atoms with E-state index in [1.807, 2.05) is 69.2 Å². The second kappa shape index (κ2) is 65.9. The van der Waals surface area contributed by atoms with Gasteiger partial charge in [-0.1, -0.05) is 174 Å². The molecule has 0 aliphatic heterocycles. The number of aliphatic hydroxyl groups is 16. The lowest BCUT2D eigenvalue weighted by Gasteiger charge is -2.30. The molecule has 13 atom stereocenters. The maximum atomic E-state index is 9.65. The molecule has 0 heterocycles. The summed E-state index contributed by atoms with van der Waals surface area (Å²) in [4.78, 5) is 0. The van der Waals surface area contributed by atoms with Crippen molar-refractivity contribution in [2.45, 2.75) is 345 Å². The fourth-order valence-corrected chi connectivity index (χ4v) is 8.90. The normalized spacial score (nSPS) is 16.7. The third-order valence-corrected chi connectivity index (χ3v) is 15.8. The molecule has 0 aromatic rings. The van der Waals surface area contributed by atoms with Crippen molar-refractivity contribution in [3.8, 4) is 0 Å². The summed E-state index contributed by atoms with van der Waals surface area (Å²) in [6.07, 6.45) is 18.5. The molecule has 16 N–H and O–H groups in total. The van der Waals surface area contributed by atoms with E-state index in [0.717, 1.165) is 122 Å². The van der Waals surface area contributed by atoms with Gasteiger partial charge in [-0.15, -0.1) is 0 Å². The van der Waals surface area contributed by atoms with Gasteiger partial charge in [0.1, 0.15) is 0 Å². The van der Waals surface area contributed by atoms with E-state index in [1.54, 1.807) is 20.8 Å². The van der Waals surface area contributed by atoms with Gasteiger partial charge in [0.2, 0.25) is 0 Å². The van der Waals surface area contributed by atoms with E-state index in [4.69, 9.17) is 46.0 Å². The molecule has 13 unspecified atom stereocenters. The minimum atomic E-state index is -0.852. The molecule has 0 fully saturated rings. The molecule has 0 bridgehead atoms. The summed E-state index contributed by atoms with van der Waals surface area (Å²) in [7, 11) is 0. The molecule has 0 aromatic carbocycles. The van der Waals surface area contributed by atoms with E-state index in [0.29, 0.717) is 50.4 Å². The van der Waals surface area contributed by atoms with Gasteiger partial charge in [0, 0.05) is 19.8 Å². The van der Waals surface area contributed by atoms with Crippen LogP contribution in [0.3, 0.4) is 0 Å². The molecule has 80 heavy (non-hydrogen) atoms. The van der Waals surface area contributed by atoms with Crippen LogP contribution in [0, 0.1) is 29.6 Å². The smallest absolute Gasteiger partial charge is 0.0900 e. The summed E-state index contributed by atoms with van der Waals surface area (Å²) in [5.74, 6) is 1.92. The predicted molar refractivity (Wildman–Crippen MR) is 334 cm³/mol. The highest BCUT2D eigenvalue weighted by Crippen LogP contribution is 2.23. The van der Waals surface area contributed by atoms with Crippen molar-refractivity contribution in [3.63, 3.8) is 0 Å². The number of unbranched alkanes of at least 4 members (excludes halogenated alkanes) is 1. The van der Waals surface area contributed by atoms with Gasteiger partial charge in [-0.3, -0.25) is 0 Å². The van der Waals surface area contributed by atoms with Crippen LogP contribution >= 0.6 is 0 Å². The van der Waals surface area contributed by atoms with Gasteiger partial charge in [0.15, 0.2) is 0 Å². The topological polar surface area (TPSA) is 324 Å². The van der Waals surface area contributed by atoms with Crippen molar-refractivity contribution in [3.05, 3.63) is 0 Å². The van der Waals surface area contributed by atoms with Crippen LogP contribution in [-0.2, 0) is 0 Å². The summed E-state index contributed by atoms with van der Waals surface area (Å²) < 4.78 is 0. The molecule has 16 heteroatoms. The number of hydrogen-bond acceptors (Lipinski definition) is 16. The Bertz CT molecular complexity index is 1090. The third-order valence-electron chi connectivity index (χ3n) is 15.8. The molecule has 0 aliphatic rings. The zero-order chi connectivity index (χ0) is 64.3. The summed E-state index contributed by atoms with van der Waals surface area (Å²) in [5, 5.41) is 145. The monoisotopic (exact) mass is 1170 g/mol. The van der Waals surface area contributed by atoms with E-state index < -0.39 is 53.4 Å². The van der Waals surface area contributed by atoms with E-state index >= 15 is 0 Å². The lowest BCUT2D eigenvalue weighted by Crippen LogP contribution is -2.40. The van der Waals surface area contributed by atoms with Crippen LogP contribution in [0.15, 0.2) is 0 Å². The first-order valence-electron chi connectivity index (χ1n) is 32.1. The Kier molecular flexibility index (Phi) is 78.8. The molecule has 0 rings (SSSR count). The first kappa shape index (κ1) is 95.7. The average molecular weight is 1170 g/mol. The van der Waals surface area contributed by atoms with E-state index in [9.17, 15) is 35.7 Å². The number of hydrogen-bond donors (Lipinski definition) is 16. The average Bonchev–Trinajstić information content (AvgIpc) is 3.46. The SMILES string of the molecule is CCC(CC)C(O)C(C)O.CCC(CCO)CC(C)O.CCC(CCO)CCCO.CCC(O)C(O)(CC)CC.CCCC(CC)C(O)CO.CCCC(CC)C(O)CO.CCCC(O)(CC)C(C)O.CCCCC(O)(CC)CO. The van der Waals surface area contributed by atoms with Gasteiger partial charge in [-0.2, -0.15) is 0 Å². The van der Waals surface area contributed by atoms with Crippen LogP contribution in [0.1, 0.15) is 285 Å². The molecular formula is C64H144O16. The second-order valence-corrected chi connectivity index (χ2v) is 22.2. The van der Waals surface area contributed by atoms with Gasteiger partial charge >= 0.3 is 0 Å². The summed E-state index contributed by atoms with van der Waals surface area (Å²) in [5.41, 5.74) is -2.51. The Labute approximate surface area is 493 Å². The van der Waals surface area contributed by atoms with Crippen LogP contribution in [-0.4, -0.2) is 181 Å². The first-order chi connectivity index (χ1) is 37.5. The number of rotatable bonds is 38. The fraction of sp³-hybridized carbons (Fsp3) is 1.00. The lowest BCUT2D eigenvalue weighted by atomic mass is 9.89. The Morgan fingerprint density at radius 2 is 0.787 bits per heavy atom. The molecule has 496 valence electrons. The largest absolute Gasteiger partial charge is 0.396 e. The molecule has 0 amide bonds. The summed E-state index contributed by atoms with van der Waals surface area (Å²) >= 11 is 0. The van der Waals surface area contributed by atoms with E-state index in [-0.39, 0.29) is 63.5 Å². The van der Waals surface area contributed by atoms with Crippen LogP contribution in [0.2, 0.25) is 0 Å². The standard InChI is InChI=1S/8C8H18O2/c1-4-6-8(10,5-2)7(3)9;1-4-7(9)8(10,5-2)6-3;1-4-7(5-2)8(10)6(3)9;1-3-8(4-5-9)6-7(2)10;2*1-3-5-7(4-2)8(10)6-9;1-3-5-6-8(10,4-2)7-9;1-2-8(5-7-10)4-3-6-9/h2*7,9-10H,4-6H2,1-3H3;6-10H,4-5H2,1-3H3;3*7-10H,3-6H2,1-2H3;9-10H,3-7H2,1-2H3;8-10H,2-7H2,1H3. The Morgan fingerprint density at radius 3 is 0.988 bits per heavy atom. The Hall–Kier alpha value is -0.640. The molecule has 0 radical (unpaired) electrons. The maximum absolute atomic E-state index is 9.65. The van der Waals surface area contributed by atoms with Crippen LogP contribution < -0.4 is 0 Å². The highest BCUT2D eigenvalue weighted by Gasteiger charge is 2.30. The van der Waals surface area contributed by atoms with Gasteiger partial charge in [-0.05, 0) is 140 Å². The van der Waals surface area contributed by atoms with E-state index in [1.165, 1.54) is 0 Å². The van der Waals surface area contributed by atoms with Crippen molar-refractivity contribution in [1.29, 1.82) is 0 Å². The zero-order valence-corrected chi connectivity index (χ0v) is 55.5. The quantitative estimate of drug-likeness (QED) is 0.0273. The molecule has 0 saturated carbocycles. The first-order valence-corrected chi connectivity index (χ1v) is 32.1. The Balaban J connectivity index is -0.000000123. The predicted octanol–water partition coefficient (Wildman–Crippen LogP) is 9.76. The lowest BCUT2D eigenvalue weighted by molar-refractivity contribution is -0.0807. The fourth-order valence-electron chi connectivity index (χ4n) is 8.90.